The lowest BCUT2D eigenvalue weighted by molar-refractivity contribution is 0.275. The van der Waals surface area contributed by atoms with Crippen molar-refractivity contribution in [1.29, 1.82) is 0 Å². The Hall–Kier alpha value is -2.47. The molecule has 0 aromatic heterocycles. The van der Waals surface area contributed by atoms with Crippen LogP contribution in [0, 0.1) is 11.6 Å². The maximum absolute atomic E-state index is 13.4. The van der Waals surface area contributed by atoms with E-state index >= 15 is 0 Å². The van der Waals surface area contributed by atoms with Crippen molar-refractivity contribution in [3.63, 3.8) is 0 Å². The van der Waals surface area contributed by atoms with Gasteiger partial charge in [0.1, 0.15) is 11.6 Å². The van der Waals surface area contributed by atoms with Gasteiger partial charge in [0.05, 0.1) is 13.2 Å². The molecule has 0 aliphatic heterocycles. The Labute approximate surface area is 146 Å². The molecule has 0 saturated heterocycles. The summed E-state index contributed by atoms with van der Waals surface area (Å²) in [5, 5.41) is 15.5. The molecule has 0 amide bonds. The molecule has 4 nitrogen and oxygen atoms in total. The van der Waals surface area contributed by atoms with Gasteiger partial charge in [-0.05, 0) is 48.7 Å². The highest BCUT2D eigenvalue weighted by atomic mass is 19.1. The molecule has 0 bridgehead atoms. The van der Waals surface area contributed by atoms with Gasteiger partial charge < -0.3 is 15.7 Å². The first-order chi connectivity index (χ1) is 12.1. The Morgan fingerprint density at radius 2 is 1.76 bits per heavy atom. The summed E-state index contributed by atoms with van der Waals surface area (Å²) < 4.78 is 26.3. The summed E-state index contributed by atoms with van der Waals surface area (Å²) in [4.78, 5) is 4.46. The van der Waals surface area contributed by atoms with Gasteiger partial charge in [0.2, 0.25) is 0 Å². The number of benzene rings is 2. The fourth-order valence-electron chi connectivity index (χ4n) is 2.34. The average Bonchev–Trinajstić information content (AvgIpc) is 2.62. The van der Waals surface area contributed by atoms with Gasteiger partial charge in [-0.15, -0.1) is 0 Å². The van der Waals surface area contributed by atoms with Crippen LogP contribution in [-0.4, -0.2) is 24.2 Å². The van der Waals surface area contributed by atoms with Crippen molar-refractivity contribution >= 4 is 5.96 Å². The number of nitrogens with one attached hydrogen (secondary N) is 2. The summed E-state index contributed by atoms with van der Waals surface area (Å²) in [6, 6.07) is 11.0. The highest BCUT2D eigenvalue weighted by molar-refractivity contribution is 5.79. The molecule has 0 heterocycles. The van der Waals surface area contributed by atoms with E-state index in [0.717, 1.165) is 17.5 Å². The second kappa shape index (κ2) is 9.74. The Kier molecular flexibility index (Phi) is 7.35. The summed E-state index contributed by atoms with van der Waals surface area (Å²) in [5.74, 6) is -0.00722. The largest absolute Gasteiger partial charge is 0.392 e. The molecule has 25 heavy (non-hydrogen) atoms. The Balaban J connectivity index is 1.92. The predicted molar refractivity (Wildman–Crippen MR) is 95.2 cm³/mol. The molecule has 2 aromatic carbocycles. The van der Waals surface area contributed by atoms with E-state index in [9.17, 15) is 8.78 Å². The fourth-order valence-corrected chi connectivity index (χ4v) is 2.34. The Morgan fingerprint density at radius 3 is 2.44 bits per heavy atom. The molecule has 0 radical (unpaired) electrons. The predicted octanol–water partition coefficient (Wildman–Crippen LogP) is 2.75. The first-order valence-electron chi connectivity index (χ1n) is 8.27. The van der Waals surface area contributed by atoms with Crippen LogP contribution in [0.25, 0.3) is 0 Å². The number of guanidine groups is 1. The third-order valence-corrected chi connectivity index (χ3v) is 3.66. The monoisotopic (exact) mass is 347 g/mol. The van der Waals surface area contributed by atoms with Crippen LogP contribution in [0.2, 0.25) is 0 Å². The van der Waals surface area contributed by atoms with Crippen molar-refractivity contribution in [3.05, 3.63) is 70.8 Å². The lowest BCUT2D eigenvalue weighted by Gasteiger charge is -2.11. The van der Waals surface area contributed by atoms with Gasteiger partial charge in [-0.2, -0.15) is 0 Å². The van der Waals surface area contributed by atoms with Gasteiger partial charge >= 0.3 is 0 Å². The molecule has 0 saturated carbocycles. The lowest BCUT2D eigenvalue weighted by Crippen LogP contribution is -2.38. The van der Waals surface area contributed by atoms with Gasteiger partial charge in [0.15, 0.2) is 5.96 Å². The minimum absolute atomic E-state index is 0.242. The van der Waals surface area contributed by atoms with E-state index in [-0.39, 0.29) is 18.0 Å². The van der Waals surface area contributed by atoms with Crippen molar-refractivity contribution in [2.24, 2.45) is 4.99 Å². The summed E-state index contributed by atoms with van der Waals surface area (Å²) in [6.45, 7) is 3.38. The number of aliphatic imine (C=N–C) groups is 1. The second-order valence-corrected chi connectivity index (χ2v) is 5.58. The molecule has 3 N–H and O–H groups in total. The van der Waals surface area contributed by atoms with Crippen LogP contribution in [0.4, 0.5) is 8.78 Å². The van der Waals surface area contributed by atoms with Gasteiger partial charge in [-0.1, -0.05) is 18.2 Å². The SMILES string of the molecule is CCNC(=NCc1ccc(F)c(CO)c1)NCCc1ccc(F)cc1. The first-order valence-corrected chi connectivity index (χ1v) is 8.27. The molecule has 134 valence electrons. The molecular weight excluding hydrogens is 324 g/mol. The van der Waals surface area contributed by atoms with Crippen molar-refractivity contribution in [2.45, 2.75) is 26.5 Å². The van der Waals surface area contributed by atoms with Crippen LogP contribution in [0.1, 0.15) is 23.6 Å². The maximum atomic E-state index is 13.4. The van der Waals surface area contributed by atoms with Gasteiger partial charge in [0, 0.05) is 18.7 Å². The number of aliphatic hydroxyl groups is 1. The zero-order chi connectivity index (χ0) is 18.1. The Morgan fingerprint density at radius 1 is 1.04 bits per heavy atom. The van der Waals surface area contributed by atoms with E-state index in [2.05, 4.69) is 15.6 Å². The van der Waals surface area contributed by atoms with Crippen molar-refractivity contribution < 1.29 is 13.9 Å². The molecule has 2 rings (SSSR count). The lowest BCUT2D eigenvalue weighted by atomic mass is 10.1. The molecule has 0 aliphatic carbocycles. The van der Waals surface area contributed by atoms with Crippen LogP contribution in [0.15, 0.2) is 47.5 Å². The minimum Gasteiger partial charge on any atom is -0.392 e. The third-order valence-electron chi connectivity index (χ3n) is 3.66. The first kappa shape index (κ1) is 18.9. The number of halogens is 2. The van der Waals surface area contributed by atoms with Gasteiger partial charge in [-0.3, -0.25) is 0 Å². The molecule has 0 unspecified atom stereocenters. The summed E-state index contributed by atoms with van der Waals surface area (Å²) in [7, 11) is 0. The molecule has 0 atom stereocenters. The van der Waals surface area contributed by atoms with Crippen LogP contribution in [0.5, 0.6) is 0 Å². The summed E-state index contributed by atoms with van der Waals surface area (Å²) in [6.07, 6.45) is 0.746. The van der Waals surface area contributed by atoms with Crippen molar-refractivity contribution in [2.75, 3.05) is 13.1 Å². The second-order valence-electron chi connectivity index (χ2n) is 5.58. The molecule has 2 aromatic rings. The van der Waals surface area contributed by atoms with E-state index in [0.29, 0.717) is 25.6 Å². The van der Waals surface area contributed by atoms with E-state index < -0.39 is 5.82 Å². The maximum Gasteiger partial charge on any atom is 0.191 e. The van der Waals surface area contributed by atoms with Crippen LogP contribution in [0.3, 0.4) is 0 Å². The number of hydrogen-bond donors (Lipinski definition) is 3. The summed E-state index contributed by atoms with van der Waals surface area (Å²) in [5.41, 5.74) is 2.12. The molecule has 0 spiro atoms. The normalized spacial score (nSPS) is 11.4. The van der Waals surface area contributed by atoms with Crippen LogP contribution >= 0.6 is 0 Å². The topological polar surface area (TPSA) is 56.7 Å². The zero-order valence-electron chi connectivity index (χ0n) is 14.2. The van der Waals surface area contributed by atoms with Gasteiger partial charge in [0.25, 0.3) is 0 Å². The van der Waals surface area contributed by atoms with Crippen molar-refractivity contribution in [3.8, 4) is 0 Å². The number of nitrogens with zero attached hydrogens (tertiary/aromatic N) is 1. The van der Waals surface area contributed by atoms with E-state index in [1.807, 2.05) is 6.92 Å². The molecule has 0 fully saturated rings. The highest BCUT2D eigenvalue weighted by Crippen LogP contribution is 2.11. The zero-order valence-corrected chi connectivity index (χ0v) is 14.2. The van der Waals surface area contributed by atoms with Crippen LogP contribution in [-0.2, 0) is 19.6 Å². The van der Waals surface area contributed by atoms with Crippen molar-refractivity contribution in [1.82, 2.24) is 10.6 Å². The third kappa shape index (κ3) is 6.15. The van der Waals surface area contributed by atoms with E-state index in [4.69, 9.17) is 5.11 Å². The molecular formula is C19H23F2N3O. The standard InChI is InChI=1S/C19H23F2N3O/c1-2-22-19(23-10-9-14-3-6-17(20)7-4-14)24-12-15-5-8-18(21)16(11-15)13-25/h3-8,11,25H,2,9-10,12-13H2,1H3,(H2,22,23,24). The van der Waals surface area contributed by atoms with Crippen LogP contribution < -0.4 is 10.6 Å². The number of aliphatic hydroxyl groups excluding tert-OH is 1. The fraction of sp³-hybridized carbons (Fsp3) is 0.316. The number of rotatable bonds is 7. The van der Waals surface area contributed by atoms with Gasteiger partial charge in [-0.25, -0.2) is 13.8 Å². The Bertz CT molecular complexity index is 702. The quantitative estimate of drug-likeness (QED) is 0.533. The molecule has 6 heteroatoms. The smallest absolute Gasteiger partial charge is 0.191 e. The number of hydrogen-bond acceptors (Lipinski definition) is 2. The highest BCUT2D eigenvalue weighted by Gasteiger charge is 2.03. The average molecular weight is 347 g/mol. The van der Waals surface area contributed by atoms with E-state index in [1.165, 1.54) is 18.2 Å². The molecule has 0 aliphatic rings. The minimum atomic E-state index is -0.417. The van der Waals surface area contributed by atoms with E-state index in [1.54, 1.807) is 24.3 Å². The summed E-state index contributed by atoms with van der Waals surface area (Å²) >= 11 is 0.